The lowest BCUT2D eigenvalue weighted by molar-refractivity contribution is 0.0795. The van der Waals surface area contributed by atoms with Gasteiger partial charge in [-0.1, -0.05) is 26.8 Å². The molecular formula is C15H23NO3. The molecule has 106 valence electrons. The Morgan fingerprint density at radius 1 is 1.21 bits per heavy atom. The van der Waals surface area contributed by atoms with Crippen LogP contribution in [0.2, 0.25) is 0 Å². The number of phenols is 2. The summed E-state index contributed by atoms with van der Waals surface area (Å²) in [6, 6.07) is 4.36. The summed E-state index contributed by atoms with van der Waals surface area (Å²) in [5.74, 6) is -1.06. The number of hydrogen-bond acceptors (Lipinski definition) is 3. The van der Waals surface area contributed by atoms with Crippen molar-refractivity contribution in [3.8, 4) is 11.5 Å². The Morgan fingerprint density at radius 2 is 1.79 bits per heavy atom. The van der Waals surface area contributed by atoms with Gasteiger partial charge in [-0.25, -0.2) is 0 Å². The standard InChI is InChI=1S/C15H23NO3/c1-6-14(2,3)15(4,5)16-13(19)10-8-7-9-11(17)12(10)18/h7-9,17-18H,6H2,1-5H3,(H,16,19). The van der Waals surface area contributed by atoms with Gasteiger partial charge in [-0.2, -0.15) is 0 Å². The second kappa shape index (κ2) is 5.11. The molecule has 1 aromatic rings. The molecule has 0 aliphatic carbocycles. The third-order valence-electron chi connectivity index (χ3n) is 4.26. The van der Waals surface area contributed by atoms with E-state index in [1.54, 1.807) is 0 Å². The van der Waals surface area contributed by atoms with Crippen LogP contribution in [0.5, 0.6) is 11.5 Å². The molecular weight excluding hydrogens is 242 g/mol. The molecule has 0 bridgehead atoms. The summed E-state index contributed by atoms with van der Waals surface area (Å²) < 4.78 is 0. The SMILES string of the molecule is CCC(C)(C)C(C)(C)NC(=O)c1cccc(O)c1O. The first-order valence-corrected chi connectivity index (χ1v) is 6.46. The van der Waals surface area contributed by atoms with Gasteiger partial charge in [0.25, 0.3) is 5.91 Å². The van der Waals surface area contributed by atoms with Gasteiger partial charge in [-0.15, -0.1) is 0 Å². The smallest absolute Gasteiger partial charge is 0.255 e. The van der Waals surface area contributed by atoms with Crippen molar-refractivity contribution < 1.29 is 15.0 Å². The molecule has 0 fully saturated rings. The van der Waals surface area contributed by atoms with Crippen LogP contribution in [0.3, 0.4) is 0 Å². The van der Waals surface area contributed by atoms with Crippen molar-refractivity contribution in [1.82, 2.24) is 5.32 Å². The summed E-state index contributed by atoms with van der Waals surface area (Å²) in [4.78, 5) is 12.2. The van der Waals surface area contributed by atoms with E-state index in [2.05, 4.69) is 26.1 Å². The number of rotatable bonds is 4. The zero-order valence-electron chi connectivity index (χ0n) is 12.2. The minimum atomic E-state index is -0.434. The van der Waals surface area contributed by atoms with E-state index in [0.29, 0.717) is 0 Å². The van der Waals surface area contributed by atoms with E-state index in [-0.39, 0.29) is 28.4 Å². The van der Waals surface area contributed by atoms with Gasteiger partial charge < -0.3 is 15.5 Å². The lowest BCUT2D eigenvalue weighted by atomic mass is 9.72. The highest BCUT2D eigenvalue weighted by Crippen LogP contribution is 2.35. The van der Waals surface area contributed by atoms with Crippen molar-refractivity contribution in [2.45, 2.75) is 46.6 Å². The molecule has 0 radical (unpaired) electrons. The van der Waals surface area contributed by atoms with E-state index in [9.17, 15) is 15.0 Å². The molecule has 1 aromatic carbocycles. The number of amides is 1. The summed E-state index contributed by atoms with van der Waals surface area (Å²) in [5.41, 5.74) is -0.439. The fraction of sp³-hybridized carbons (Fsp3) is 0.533. The summed E-state index contributed by atoms with van der Waals surface area (Å²) in [6.45, 7) is 10.1. The van der Waals surface area contributed by atoms with Gasteiger partial charge in [-0.3, -0.25) is 4.79 Å². The monoisotopic (exact) mass is 265 g/mol. The topological polar surface area (TPSA) is 69.6 Å². The first-order valence-electron chi connectivity index (χ1n) is 6.46. The predicted octanol–water partition coefficient (Wildman–Crippen LogP) is 3.04. The number of aromatic hydroxyl groups is 2. The molecule has 0 unspecified atom stereocenters. The average molecular weight is 265 g/mol. The van der Waals surface area contributed by atoms with E-state index < -0.39 is 5.54 Å². The maximum absolute atomic E-state index is 12.2. The zero-order valence-corrected chi connectivity index (χ0v) is 12.2. The summed E-state index contributed by atoms with van der Waals surface area (Å²) in [5, 5.41) is 22.1. The molecule has 0 aliphatic rings. The van der Waals surface area contributed by atoms with Crippen LogP contribution in [-0.4, -0.2) is 21.7 Å². The number of benzene rings is 1. The van der Waals surface area contributed by atoms with Crippen LogP contribution in [0.25, 0.3) is 0 Å². The van der Waals surface area contributed by atoms with Gasteiger partial charge in [0.15, 0.2) is 11.5 Å². The van der Waals surface area contributed by atoms with Crippen molar-refractivity contribution >= 4 is 5.91 Å². The van der Waals surface area contributed by atoms with Crippen LogP contribution in [-0.2, 0) is 0 Å². The second-order valence-corrected chi connectivity index (χ2v) is 5.99. The molecule has 1 amide bonds. The van der Waals surface area contributed by atoms with E-state index in [0.717, 1.165) is 6.42 Å². The molecule has 0 aromatic heterocycles. The van der Waals surface area contributed by atoms with Crippen LogP contribution in [0.1, 0.15) is 51.4 Å². The van der Waals surface area contributed by atoms with Gasteiger partial charge >= 0.3 is 0 Å². The van der Waals surface area contributed by atoms with E-state index in [1.807, 2.05) is 13.8 Å². The molecule has 0 atom stereocenters. The van der Waals surface area contributed by atoms with Crippen LogP contribution in [0, 0.1) is 5.41 Å². The number of phenolic OH excluding ortho intramolecular Hbond substituents is 2. The van der Waals surface area contributed by atoms with Gasteiger partial charge in [0, 0.05) is 5.54 Å². The van der Waals surface area contributed by atoms with Crippen LogP contribution >= 0.6 is 0 Å². The van der Waals surface area contributed by atoms with Crippen LogP contribution < -0.4 is 5.32 Å². The quantitative estimate of drug-likeness (QED) is 0.733. The highest BCUT2D eigenvalue weighted by atomic mass is 16.3. The molecule has 3 N–H and O–H groups in total. The molecule has 1 rings (SSSR count). The number of carbonyl (C=O) groups is 1. The van der Waals surface area contributed by atoms with Crippen LogP contribution in [0.15, 0.2) is 18.2 Å². The van der Waals surface area contributed by atoms with E-state index in [1.165, 1.54) is 18.2 Å². The van der Waals surface area contributed by atoms with Gasteiger partial charge in [0.05, 0.1) is 5.56 Å². The summed E-state index contributed by atoms with van der Waals surface area (Å²) in [7, 11) is 0. The molecule has 4 nitrogen and oxygen atoms in total. The minimum Gasteiger partial charge on any atom is -0.504 e. The van der Waals surface area contributed by atoms with Gasteiger partial charge in [0.1, 0.15) is 0 Å². The zero-order chi connectivity index (χ0) is 14.8. The fourth-order valence-electron chi connectivity index (χ4n) is 1.68. The van der Waals surface area contributed by atoms with E-state index >= 15 is 0 Å². The highest BCUT2D eigenvalue weighted by Gasteiger charge is 2.37. The predicted molar refractivity (Wildman–Crippen MR) is 75.4 cm³/mol. The molecule has 19 heavy (non-hydrogen) atoms. The highest BCUT2D eigenvalue weighted by molar-refractivity contribution is 5.98. The second-order valence-electron chi connectivity index (χ2n) is 5.99. The lowest BCUT2D eigenvalue weighted by Gasteiger charge is -2.41. The summed E-state index contributed by atoms with van der Waals surface area (Å²) >= 11 is 0. The molecule has 0 saturated heterocycles. The fourth-order valence-corrected chi connectivity index (χ4v) is 1.68. The number of para-hydroxylation sites is 1. The molecule has 4 heteroatoms. The number of nitrogens with one attached hydrogen (secondary N) is 1. The first-order chi connectivity index (χ1) is 8.62. The van der Waals surface area contributed by atoms with Crippen molar-refractivity contribution in [2.75, 3.05) is 0 Å². The van der Waals surface area contributed by atoms with Crippen LogP contribution in [0.4, 0.5) is 0 Å². The maximum Gasteiger partial charge on any atom is 0.255 e. The normalized spacial score (nSPS) is 12.3. The maximum atomic E-state index is 12.2. The van der Waals surface area contributed by atoms with Crippen molar-refractivity contribution in [2.24, 2.45) is 5.41 Å². The first kappa shape index (κ1) is 15.3. The van der Waals surface area contributed by atoms with Crippen molar-refractivity contribution in [1.29, 1.82) is 0 Å². The molecule has 0 saturated carbocycles. The third-order valence-corrected chi connectivity index (χ3v) is 4.26. The molecule has 0 aliphatic heterocycles. The third kappa shape index (κ3) is 3.00. The Kier molecular flexibility index (Phi) is 4.13. The van der Waals surface area contributed by atoms with Crippen molar-refractivity contribution in [3.63, 3.8) is 0 Å². The summed E-state index contributed by atoms with van der Waals surface area (Å²) in [6.07, 6.45) is 0.909. The molecule has 0 spiro atoms. The molecule has 0 heterocycles. The largest absolute Gasteiger partial charge is 0.504 e. The minimum absolute atomic E-state index is 0.0833. The Hall–Kier alpha value is -1.71. The Labute approximate surface area is 114 Å². The lowest BCUT2D eigenvalue weighted by Crippen LogP contribution is -2.53. The number of carbonyl (C=O) groups excluding carboxylic acids is 1. The van der Waals surface area contributed by atoms with Gasteiger partial charge in [0.2, 0.25) is 0 Å². The Balaban J connectivity index is 3.01. The Bertz CT molecular complexity index is 478. The number of hydrogen-bond donors (Lipinski definition) is 3. The van der Waals surface area contributed by atoms with E-state index in [4.69, 9.17) is 0 Å². The average Bonchev–Trinajstić information content (AvgIpc) is 2.31. The van der Waals surface area contributed by atoms with Gasteiger partial charge in [-0.05, 0) is 37.8 Å². The van der Waals surface area contributed by atoms with Crippen molar-refractivity contribution in [3.05, 3.63) is 23.8 Å². The Morgan fingerprint density at radius 3 is 2.32 bits per heavy atom.